The Morgan fingerprint density at radius 1 is 1.05 bits per heavy atom. The zero-order valence-electron chi connectivity index (χ0n) is 22.8. The number of hydrogen-bond acceptors (Lipinski definition) is 12. The summed E-state index contributed by atoms with van der Waals surface area (Å²) < 4.78 is 11.6. The third kappa shape index (κ3) is 5.90. The van der Waals surface area contributed by atoms with Crippen LogP contribution in [0.15, 0.2) is 12.3 Å². The van der Waals surface area contributed by atoms with Gasteiger partial charge in [-0.1, -0.05) is 0 Å². The number of aromatic nitrogens is 4. The van der Waals surface area contributed by atoms with Gasteiger partial charge in [0.15, 0.2) is 0 Å². The Kier molecular flexibility index (Phi) is 8.80. The van der Waals surface area contributed by atoms with Crippen LogP contribution in [0.4, 0.5) is 11.8 Å². The Morgan fingerprint density at radius 2 is 1.74 bits per heavy atom. The Labute approximate surface area is 226 Å². The van der Waals surface area contributed by atoms with Crippen LogP contribution < -0.4 is 10.2 Å². The highest BCUT2D eigenvalue weighted by Crippen LogP contribution is 2.40. The summed E-state index contributed by atoms with van der Waals surface area (Å²) >= 11 is 1.52. The van der Waals surface area contributed by atoms with E-state index in [9.17, 15) is 15.3 Å². The van der Waals surface area contributed by atoms with Crippen LogP contribution in [0.25, 0.3) is 20.8 Å². The first-order chi connectivity index (χ1) is 18.0. The molecule has 12 heteroatoms. The first kappa shape index (κ1) is 28.5. The van der Waals surface area contributed by atoms with E-state index in [2.05, 4.69) is 10.3 Å². The molecule has 0 bridgehead atoms. The number of nitrogens with one attached hydrogen (secondary N) is 1. The Balaban J connectivity index is 1.80. The molecular formula is C26H38N6O5S. The van der Waals surface area contributed by atoms with Crippen LogP contribution in [0.3, 0.4) is 0 Å². The molecule has 4 N–H and O–H groups in total. The Bertz CT molecular complexity index is 1240. The minimum Gasteiger partial charge on any atom is -0.390 e. The number of hydrogen-bond donors (Lipinski definition) is 4. The highest BCUT2D eigenvalue weighted by atomic mass is 32.1. The minimum atomic E-state index is -1.15. The highest BCUT2D eigenvalue weighted by molar-refractivity contribution is 7.21. The molecule has 3 heterocycles. The summed E-state index contributed by atoms with van der Waals surface area (Å²) in [6.07, 6.45) is -0.0296. The van der Waals surface area contributed by atoms with Crippen LogP contribution in [0.1, 0.15) is 31.7 Å². The number of thiazole rings is 1. The molecule has 0 aromatic carbocycles. The van der Waals surface area contributed by atoms with Crippen LogP contribution in [0.2, 0.25) is 0 Å². The topological polar surface area (TPSA) is 146 Å². The monoisotopic (exact) mass is 546 g/mol. The summed E-state index contributed by atoms with van der Waals surface area (Å²) in [7, 11) is 3.29. The molecule has 11 nitrogen and oxygen atoms in total. The summed E-state index contributed by atoms with van der Waals surface area (Å²) in [6.45, 7) is 9.24. The second kappa shape index (κ2) is 11.7. The minimum absolute atomic E-state index is 0.365. The average Bonchev–Trinajstić information content (AvgIpc) is 3.41. The smallest absolute Gasteiger partial charge is 0.227 e. The summed E-state index contributed by atoms with van der Waals surface area (Å²) in [5.74, 6) is 0.496. The lowest BCUT2D eigenvalue weighted by molar-refractivity contribution is -0.0601. The van der Waals surface area contributed by atoms with Gasteiger partial charge in [-0.25, -0.2) is 9.97 Å². The summed E-state index contributed by atoms with van der Waals surface area (Å²) in [4.78, 5) is 21.0. The van der Waals surface area contributed by atoms with Crippen molar-refractivity contribution in [1.29, 1.82) is 0 Å². The number of methoxy groups -OCH3 is 2. The van der Waals surface area contributed by atoms with E-state index in [0.717, 1.165) is 26.5 Å². The Morgan fingerprint density at radius 3 is 2.32 bits per heavy atom. The average molecular weight is 547 g/mol. The van der Waals surface area contributed by atoms with Gasteiger partial charge in [0.2, 0.25) is 5.95 Å². The molecule has 38 heavy (non-hydrogen) atoms. The third-order valence-corrected chi connectivity index (χ3v) is 8.15. The maximum atomic E-state index is 10.9. The summed E-state index contributed by atoms with van der Waals surface area (Å²) in [5.41, 5.74) is 1.95. The third-order valence-electron chi connectivity index (χ3n) is 7.11. The van der Waals surface area contributed by atoms with E-state index in [1.807, 2.05) is 24.8 Å². The van der Waals surface area contributed by atoms with Gasteiger partial charge in [0.05, 0.1) is 52.6 Å². The van der Waals surface area contributed by atoms with E-state index in [-0.39, 0.29) is 0 Å². The van der Waals surface area contributed by atoms with E-state index < -0.39 is 29.8 Å². The first-order valence-electron chi connectivity index (χ1n) is 12.7. The van der Waals surface area contributed by atoms with E-state index in [0.29, 0.717) is 50.2 Å². The molecule has 1 saturated carbocycles. The van der Waals surface area contributed by atoms with Gasteiger partial charge in [0, 0.05) is 39.4 Å². The van der Waals surface area contributed by atoms with Gasteiger partial charge in [0.25, 0.3) is 0 Å². The number of aliphatic hydroxyl groups is 3. The zero-order chi connectivity index (χ0) is 27.6. The van der Waals surface area contributed by atoms with Crippen molar-refractivity contribution in [3.63, 3.8) is 0 Å². The van der Waals surface area contributed by atoms with E-state index in [1.54, 1.807) is 34.3 Å². The van der Waals surface area contributed by atoms with Crippen molar-refractivity contribution in [1.82, 2.24) is 19.9 Å². The van der Waals surface area contributed by atoms with Crippen molar-refractivity contribution in [3.05, 3.63) is 23.7 Å². The van der Waals surface area contributed by atoms with Crippen molar-refractivity contribution in [2.75, 3.05) is 50.7 Å². The van der Waals surface area contributed by atoms with Crippen LogP contribution in [0, 0.1) is 19.8 Å². The molecule has 3 aromatic heterocycles. The molecule has 1 aliphatic carbocycles. The number of ether oxygens (including phenoxy) is 2. The second-order valence-corrected chi connectivity index (χ2v) is 11.3. The fraction of sp³-hybridized carbons (Fsp3) is 0.615. The molecular weight excluding hydrogens is 508 g/mol. The molecule has 1 fully saturated rings. The molecule has 0 aliphatic heterocycles. The van der Waals surface area contributed by atoms with Crippen molar-refractivity contribution >= 4 is 33.3 Å². The van der Waals surface area contributed by atoms with Crippen LogP contribution >= 0.6 is 11.3 Å². The molecule has 1 unspecified atom stereocenters. The number of anilines is 2. The van der Waals surface area contributed by atoms with E-state index in [1.165, 1.54) is 11.3 Å². The van der Waals surface area contributed by atoms with Gasteiger partial charge in [0.1, 0.15) is 22.4 Å². The maximum Gasteiger partial charge on any atom is 0.227 e. The molecule has 0 amide bonds. The molecule has 1 aliphatic rings. The molecule has 0 radical (unpaired) electrons. The number of pyridine rings is 1. The van der Waals surface area contributed by atoms with Crippen LogP contribution in [0.5, 0.6) is 0 Å². The van der Waals surface area contributed by atoms with E-state index >= 15 is 0 Å². The lowest BCUT2D eigenvalue weighted by Crippen LogP contribution is -2.40. The maximum absolute atomic E-state index is 10.9. The SMILES string of the molecule is COCCN(CCOC)c1nc(C)c(-c2nc3c(C)nccc3s2)c(NC2C[C@H](C(C)(C)O)[C@@H](O)[C@H]2O)n1. The number of fused-ring (bicyclic) bond motifs is 1. The first-order valence-corrected chi connectivity index (χ1v) is 13.6. The lowest BCUT2D eigenvalue weighted by Gasteiger charge is -2.28. The van der Waals surface area contributed by atoms with Crippen molar-refractivity contribution < 1.29 is 24.8 Å². The summed E-state index contributed by atoms with van der Waals surface area (Å²) in [5, 5.41) is 36.3. The Hall–Kier alpha value is -2.48. The molecule has 4 atom stereocenters. The molecule has 0 spiro atoms. The number of nitrogens with zero attached hydrogens (tertiary/aromatic N) is 5. The highest BCUT2D eigenvalue weighted by Gasteiger charge is 2.48. The van der Waals surface area contributed by atoms with Crippen molar-refractivity contribution in [3.8, 4) is 10.6 Å². The van der Waals surface area contributed by atoms with Gasteiger partial charge < -0.3 is 35.0 Å². The summed E-state index contributed by atoms with van der Waals surface area (Å²) in [6, 6.07) is 1.40. The largest absolute Gasteiger partial charge is 0.390 e. The number of rotatable bonds is 11. The van der Waals surface area contributed by atoms with E-state index in [4.69, 9.17) is 24.4 Å². The fourth-order valence-corrected chi connectivity index (χ4v) is 6.03. The van der Waals surface area contributed by atoms with Gasteiger partial charge in [-0.3, -0.25) is 4.98 Å². The van der Waals surface area contributed by atoms with Crippen molar-refractivity contribution in [2.24, 2.45) is 5.92 Å². The quantitative estimate of drug-likeness (QED) is 0.281. The van der Waals surface area contributed by atoms with Gasteiger partial charge in [-0.2, -0.15) is 4.98 Å². The number of aliphatic hydroxyl groups excluding tert-OH is 2. The fourth-order valence-electron chi connectivity index (χ4n) is 4.92. The second-order valence-electron chi connectivity index (χ2n) is 10.3. The normalized spacial score (nSPS) is 21.8. The lowest BCUT2D eigenvalue weighted by atomic mass is 9.88. The number of aryl methyl sites for hydroxylation is 2. The molecule has 0 saturated heterocycles. The predicted molar refractivity (Wildman–Crippen MR) is 148 cm³/mol. The standard InChI is InChI=1S/C26H38N6O5S/c1-14-19(24-30-20-15(2)27-8-7-18(20)38-24)23(29-17-13-16(26(3,4)35)21(33)22(17)34)31-25(28-14)32(9-11-36-5)10-12-37-6/h7-8,16-17,21-22,33-35H,9-13H2,1-6H3,(H,28,29,31)/t16-,17?,21+,22-/m0/s1. The van der Waals surface area contributed by atoms with Crippen LogP contribution in [-0.4, -0.2) is 99.6 Å². The van der Waals surface area contributed by atoms with Gasteiger partial charge in [-0.15, -0.1) is 11.3 Å². The molecule has 208 valence electrons. The van der Waals surface area contributed by atoms with Gasteiger partial charge >= 0.3 is 0 Å². The molecule has 3 aromatic rings. The zero-order valence-corrected chi connectivity index (χ0v) is 23.6. The molecule has 4 rings (SSSR count). The van der Waals surface area contributed by atoms with Gasteiger partial charge in [-0.05, 0) is 40.2 Å². The predicted octanol–water partition coefficient (Wildman–Crippen LogP) is 2.16. The van der Waals surface area contributed by atoms with Crippen LogP contribution in [-0.2, 0) is 9.47 Å². The van der Waals surface area contributed by atoms with Crippen molar-refractivity contribution in [2.45, 2.75) is 58.0 Å².